The molecule has 0 aromatic heterocycles. The SMILES string of the molecule is CCCCCCCCCCCCC(=O)OCCCCN(CCCO)CCCCCCC(C)C(=O)OC(CCCCCCCC)CCCCCCCC. The van der Waals surface area contributed by atoms with Crippen molar-refractivity contribution in [2.24, 2.45) is 5.92 Å². The molecule has 1 unspecified atom stereocenters. The molecule has 1 N–H and O–H groups in total. The normalized spacial score (nSPS) is 12.2. The van der Waals surface area contributed by atoms with E-state index >= 15 is 0 Å². The van der Waals surface area contributed by atoms with Crippen LogP contribution in [0.2, 0.25) is 0 Å². The molecule has 0 rings (SSSR count). The largest absolute Gasteiger partial charge is 0.466 e. The van der Waals surface area contributed by atoms with Crippen molar-refractivity contribution in [2.45, 2.75) is 246 Å². The summed E-state index contributed by atoms with van der Waals surface area (Å²) in [7, 11) is 0. The van der Waals surface area contributed by atoms with E-state index in [1.807, 2.05) is 0 Å². The van der Waals surface area contributed by atoms with Gasteiger partial charge in [0.15, 0.2) is 0 Å². The molecule has 0 saturated carbocycles. The third kappa shape index (κ3) is 35.9. The molecule has 0 aliphatic rings. The number of nitrogens with zero attached hydrogens (tertiary/aromatic N) is 1. The van der Waals surface area contributed by atoms with Gasteiger partial charge in [-0.05, 0) is 77.3 Å². The fourth-order valence-corrected chi connectivity index (χ4v) is 7.19. The Kier molecular flexibility index (Phi) is 40.1. The van der Waals surface area contributed by atoms with E-state index in [0.29, 0.717) is 13.0 Å². The molecule has 6 heteroatoms. The number of aliphatic hydroxyl groups excluding tert-OH is 1. The van der Waals surface area contributed by atoms with Crippen LogP contribution < -0.4 is 0 Å². The lowest BCUT2D eigenvalue weighted by molar-refractivity contribution is -0.154. The van der Waals surface area contributed by atoms with Gasteiger partial charge in [-0.1, -0.05) is 169 Å². The maximum absolute atomic E-state index is 13.0. The molecule has 0 spiro atoms. The minimum Gasteiger partial charge on any atom is -0.466 e. The van der Waals surface area contributed by atoms with Crippen LogP contribution in [-0.2, 0) is 19.1 Å². The van der Waals surface area contributed by atoms with Crippen LogP contribution in [-0.4, -0.2) is 60.9 Å². The van der Waals surface area contributed by atoms with Crippen molar-refractivity contribution >= 4 is 11.9 Å². The first-order chi connectivity index (χ1) is 25.5. The summed E-state index contributed by atoms with van der Waals surface area (Å²) in [6.07, 6.45) is 38.9. The van der Waals surface area contributed by atoms with E-state index in [2.05, 4.69) is 32.6 Å². The highest BCUT2D eigenvalue weighted by Gasteiger charge is 2.19. The van der Waals surface area contributed by atoms with E-state index in [-0.39, 0.29) is 30.6 Å². The third-order valence-electron chi connectivity index (χ3n) is 10.8. The zero-order valence-corrected chi connectivity index (χ0v) is 35.6. The van der Waals surface area contributed by atoms with Gasteiger partial charge >= 0.3 is 11.9 Å². The Labute approximate surface area is 324 Å². The second kappa shape index (κ2) is 41.0. The molecule has 0 aliphatic heterocycles. The van der Waals surface area contributed by atoms with Crippen LogP contribution in [0.4, 0.5) is 0 Å². The number of hydrogen-bond acceptors (Lipinski definition) is 6. The molecule has 0 bridgehead atoms. The number of rotatable bonds is 42. The molecule has 52 heavy (non-hydrogen) atoms. The second-order valence-corrected chi connectivity index (χ2v) is 16.1. The van der Waals surface area contributed by atoms with Gasteiger partial charge in [0, 0.05) is 19.6 Å². The van der Waals surface area contributed by atoms with Crippen molar-refractivity contribution in [3.8, 4) is 0 Å². The molecule has 310 valence electrons. The molecule has 0 aliphatic carbocycles. The molecule has 0 radical (unpaired) electrons. The molecule has 1 atom stereocenters. The van der Waals surface area contributed by atoms with Crippen LogP contribution in [0.5, 0.6) is 0 Å². The molecule has 0 aromatic carbocycles. The number of unbranched alkanes of at least 4 members (excludes halogenated alkanes) is 23. The lowest BCUT2D eigenvalue weighted by Gasteiger charge is -2.22. The molecule has 0 fully saturated rings. The van der Waals surface area contributed by atoms with Crippen LogP contribution in [0.15, 0.2) is 0 Å². The number of hydrogen-bond donors (Lipinski definition) is 1. The van der Waals surface area contributed by atoms with Gasteiger partial charge in [-0.3, -0.25) is 9.59 Å². The molecule has 0 saturated heterocycles. The van der Waals surface area contributed by atoms with E-state index in [0.717, 1.165) is 96.7 Å². The first-order valence-electron chi connectivity index (χ1n) is 23.2. The molecule has 0 aromatic rings. The van der Waals surface area contributed by atoms with Crippen molar-refractivity contribution in [3.05, 3.63) is 0 Å². The third-order valence-corrected chi connectivity index (χ3v) is 10.8. The average Bonchev–Trinajstić information content (AvgIpc) is 3.14. The summed E-state index contributed by atoms with van der Waals surface area (Å²) < 4.78 is 11.6. The van der Waals surface area contributed by atoms with E-state index in [1.165, 1.54) is 128 Å². The van der Waals surface area contributed by atoms with E-state index in [4.69, 9.17) is 9.47 Å². The maximum Gasteiger partial charge on any atom is 0.308 e. The summed E-state index contributed by atoms with van der Waals surface area (Å²) in [6, 6.07) is 0. The van der Waals surface area contributed by atoms with E-state index in [9.17, 15) is 14.7 Å². The monoisotopic (exact) mass is 738 g/mol. The Hall–Kier alpha value is -1.14. The van der Waals surface area contributed by atoms with E-state index in [1.54, 1.807) is 0 Å². The summed E-state index contributed by atoms with van der Waals surface area (Å²) in [5, 5.41) is 9.39. The fraction of sp³-hybridized carbons (Fsp3) is 0.957. The fourth-order valence-electron chi connectivity index (χ4n) is 7.19. The summed E-state index contributed by atoms with van der Waals surface area (Å²) >= 11 is 0. The summed E-state index contributed by atoms with van der Waals surface area (Å²) in [4.78, 5) is 27.6. The standard InChI is InChI=1S/C46H91NO5/c1-5-8-11-14-17-18-19-20-23-29-37-45(49)51-42-32-31-39-47(40-33-41-48)38-30-25-24-26-34-43(4)46(50)52-44(35-27-21-15-12-9-6-2)36-28-22-16-13-10-7-3/h43-44,48H,5-42H2,1-4H3. The van der Waals surface area contributed by atoms with Gasteiger partial charge in [0.2, 0.25) is 0 Å². The van der Waals surface area contributed by atoms with Crippen LogP contribution in [0.1, 0.15) is 240 Å². The zero-order chi connectivity index (χ0) is 38.2. The van der Waals surface area contributed by atoms with Crippen molar-refractivity contribution in [3.63, 3.8) is 0 Å². The summed E-state index contributed by atoms with van der Waals surface area (Å²) in [6.45, 7) is 12.5. The van der Waals surface area contributed by atoms with Gasteiger partial charge in [0.1, 0.15) is 6.10 Å². The molecular formula is C46H91NO5. The van der Waals surface area contributed by atoms with Gasteiger partial charge < -0.3 is 19.5 Å². The number of esters is 2. The van der Waals surface area contributed by atoms with Gasteiger partial charge in [0.05, 0.1) is 12.5 Å². The van der Waals surface area contributed by atoms with Gasteiger partial charge in [-0.2, -0.15) is 0 Å². The summed E-state index contributed by atoms with van der Waals surface area (Å²) in [5.41, 5.74) is 0. The maximum atomic E-state index is 13.0. The zero-order valence-electron chi connectivity index (χ0n) is 35.6. The minimum atomic E-state index is -0.0413. The second-order valence-electron chi connectivity index (χ2n) is 16.1. The van der Waals surface area contributed by atoms with Crippen LogP contribution in [0.25, 0.3) is 0 Å². The molecule has 0 amide bonds. The molecule has 0 heterocycles. The van der Waals surface area contributed by atoms with Crippen LogP contribution >= 0.6 is 0 Å². The number of carbonyl (C=O) groups excluding carboxylic acids is 2. The van der Waals surface area contributed by atoms with E-state index < -0.39 is 0 Å². The van der Waals surface area contributed by atoms with Gasteiger partial charge in [-0.15, -0.1) is 0 Å². The summed E-state index contributed by atoms with van der Waals surface area (Å²) in [5.74, 6) is -0.0521. The van der Waals surface area contributed by atoms with Crippen molar-refractivity contribution in [1.29, 1.82) is 0 Å². The number of carbonyl (C=O) groups is 2. The van der Waals surface area contributed by atoms with Crippen molar-refractivity contribution < 1.29 is 24.2 Å². The minimum absolute atomic E-state index is 0.0154. The Morgan fingerprint density at radius 3 is 1.40 bits per heavy atom. The van der Waals surface area contributed by atoms with Gasteiger partial charge in [-0.25, -0.2) is 0 Å². The smallest absolute Gasteiger partial charge is 0.308 e. The van der Waals surface area contributed by atoms with Gasteiger partial charge in [0.25, 0.3) is 0 Å². The molecule has 6 nitrogen and oxygen atoms in total. The first kappa shape index (κ1) is 50.9. The Morgan fingerprint density at radius 2 is 0.904 bits per heavy atom. The van der Waals surface area contributed by atoms with Crippen molar-refractivity contribution in [2.75, 3.05) is 32.8 Å². The lowest BCUT2D eigenvalue weighted by atomic mass is 10.0. The number of ether oxygens (including phenoxy) is 2. The number of aliphatic hydroxyl groups is 1. The van der Waals surface area contributed by atoms with Crippen LogP contribution in [0, 0.1) is 5.92 Å². The van der Waals surface area contributed by atoms with Crippen molar-refractivity contribution in [1.82, 2.24) is 4.90 Å². The highest BCUT2D eigenvalue weighted by atomic mass is 16.5. The first-order valence-corrected chi connectivity index (χ1v) is 23.2. The Bertz CT molecular complexity index is 730. The van der Waals surface area contributed by atoms with Crippen LogP contribution in [0.3, 0.4) is 0 Å². The lowest BCUT2D eigenvalue weighted by Crippen LogP contribution is -2.28. The predicted molar refractivity (Wildman–Crippen MR) is 223 cm³/mol. The highest BCUT2D eigenvalue weighted by molar-refractivity contribution is 5.72. The average molecular weight is 738 g/mol. The topological polar surface area (TPSA) is 76.1 Å². The Balaban J connectivity index is 4.15. The molecular weight excluding hydrogens is 647 g/mol. The highest BCUT2D eigenvalue weighted by Crippen LogP contribution is 2.20. The quantitative estimate of drug-likeness (QED) is 0.0496. The Morgan fingerprint density at radius 1 is 0.500 bits per heavy atom. The predicted octanol–water partition coefficient (Wildman–Crippen LogP) is 13.3.